The van der Waals surface area contributed by atoms with Crippen molar-refractivity contribution in [1.82, 2.24) is 4.57 Å². The van der Waals surface area contributed by atoms with Gasteiger partial charge in [-0.1, -0.05) is 12.1 Å². The summed E-state index contributed by atoms with van der Waals surface area (Å²) in [6.07, 6.45) is -2.94. The molecule has 0 aliphatic heterocycles. The van der Waals surface area contributed by atoms with Crippen LogP contribution in [0.5, 0.6) is 0 Å². The average Bonchev–Trinajstić information content (AvgIpc) is 2.71. The molecule has 1 aromatic carbocycles. The highest BCUT2D eigenvalue weighted by Gasteiger charge is 2.29. The number of carbonyl (C=O) groups is 1. The van der Waals surface area contributed by atoms with Crippen LogP contribution >= 0.6 is 15.9 Å². The van der Waals surface area contributed by atoms with Crippen LogP contribution in [0.15, 0.2) is 41.1 Å². The molecule has 7 heteroatoms. The van der Waals surface area contributed by atoms with E-state index in [0.717, 1.165) is 12.1 Å². The zero-order valence-electron chi connectivity index (χ0n) is 9.99. The molecule has 0 bridgehead atoms. The molecule has 2 rings (SSSR count). The number of rotatable bonds is 3. The third-order valence-electron chi connectivity index (χ3n) is 2.73. The number of carboxylic acid groups (broad SMARTS) is 1. The van der Waals surface area contributed by atoms with Crippen molar-refractivity contribution in [2.75, 3.05) is 0 Å². The van der Waals surface area contributed by atoms with Crippen LogP contribution in [0.3, 0.4) is 0 Å². The summed E-state index contributed by atoms with van der Waals surface area (Å²) in [5.74, 6) is -1.06. The molecule has 0 aliphatic rings. The van der Waals surface area contributed by atoms with Crippen molar-refractivity contribution in [2.45, 2.75) is 12.7 Å². The lowest BCUT2D eigenvalue weighted by Gasteiger charge is -2.09. The average molecular weight is 348 g/mol. The molecular formula is C13H9BrF3NO2. The first kappa shape index (κ1) is 14.6. The van der Waals surface area contributed by atoms with E-state index in [1.54, 1.807) is 4.57 Å². The highest BCUT2D eigenvalue weighted by atomic mass is 79.9. The fourth-order valence-electron chi connectivity index (χ4n) is 1.71. The zero-order valence-corrected chi connectivity index (χ0v) is 11.6. The monoisotopic (exact) mass is 347 g/mol. The van der Waals surface area contributed by atoms with Gasteiger partial charge in [0.05, 0.1) is 15.7 Å². The van der Waals surface area contributed by atoms with Gasteiger partial charge in [-0.05, 0) is 39.7 Å². The number of alkyl halides is 3. The summed E-state index contributed by atoms with van der Waals surface area (Å²) in [4.78, 5) is 10.8. The van der Waals surface area contributed by atoms with Crippen LogP contribution in [0.1, 0.15) is 21.5 Å². The molecule has 0 saturated carbocycles. The van der Waals surface area contributed by atoms with Crippen molar-refractivity contribution >= 4 is 21.9 Å². The quantitative estimate of drug-likeness (QED) is 0.911. The molecule has 0 aliphatic carbocycles. The zero-order chi connectivity index (χ0) is 14.9. The second-order valence-electron chi connectivity index (χ2n) is 4.18. The standard InChI is InChI=1S/C13H9BrF3NO2/c14-11-5-9(12(19)20)7-18(11)6-8-1-3-10(4-2-8)13(15,16)17/h1-5,7H,6H2,(H,19,20). The lowest BCUT2D eigenvalue weighted by atomic mass is 10.1. The molecule has 0 spiro atoms. The molecule has 1 heterocycles. The molecule has 20 heavy (non-hydrogen) atoms. The second kappa shape index (κ2) is 5.32. The predicted octanol–water partition coefficient (Wildman–Crippen LogP) is 4.02. The normalized spacial score (nSPS) is 11.6. The first-order valence-electron chi connectivity index (χ1n) is 5.52. The number of aromatic carboxylic acids is 1. The Kier molecular flexibility index (Phi) is 3.89. The number of carboxylic acids is 1. The summed E-state index contributed by atoms with van der Waals surface area (Å²) >= 11 is 3.21. The fraction of sp³-hybridized carbons (Fsp3) is 0.154. The van der Waals surface area contributed by atoms with E-state index in [0.29, 0.717) is 10.2 Å². The SMILES string of the molecule is O=C(O)c1cc(Br)n(Cc2ccc(C(F)(F)F)cc2)c1. The molecule has 0 fully saturated rings. The fourth-order valence-corrected chi connectivity index (χ4v) is 2.19. The maximum Gasteiger partial charge on any atom is 0.416 e. The van der Waals surface area contributed by atoms with Crippen LogP contribution in [0.25, 0.3) is 0 Å². The summed E-state index contributed by atoms with van der Waals surface area (Å²) in [6.45, 7) is 0.284. The molecule has 3 nitrogen and oxygen atoms in total. The molecule has 0 amide bonds. The van der Waals surface area contributed by atoms with Crippen molar-refractivity contribution in [3.8, 4) is 0 Å². The van der Waals surface area contributed by atoms with E-state index in [1.807, 2.05) is 0 Å². The molecule has 0 radical (unpaired) electrons. The van der Waals surface area contributed by atoms with Gasteiger partial charge in [-0.25, -0.2) is 4.79 Å². The van der Waals surface area contributed by atoms with Gasteiger partial charge in [-0.2, -0.15) is 13.2 Å². The predicted molar refractivity (Wildman–Crippen MR) is 69.6 cm³/mol. The number of halogens is 4. The Hall–Kier alpha value is -1.76. The summed E-state index contributed by atoms with van der Waals surface area (Å²) in [5.41, 5.74) is 0.0501. The van der Waals surface area contributed by atoms with E-state index in [-0.39, 0.29) is 12.1 Å². The van der Waals surface area contributed by atoms with Crippen molar-refractivity contribution in [3.05, 3.63) is 57.8 Å². The number of hydrogen-bond acceptors (Lipinski definition) is 1. The minimum absolute atomic E-state index is 0.115. The summed E-state index contributed by atoms with van der Waals surface area (Å²) in [7, 11) is 0. The van der Waals surface area contributed by atoms with Gasteiger partial charge in [-0.3, -0.25) is 0 Å². The Morgan fingerprint density at radius 3 is 2.30 bits per heavy atom. The first-order chi connectivity index (χ1) is 9.27. The molecule has 0 saturated heterocycles. The van der Waals surface area contributed by atoms with Gasteiger partial charge in [0.1, 0.15) is 0 Å². The maximum atomic E-state index is 12.4. The molecule has 0 unspecified atom stereocenters. The maximum absolute atomic E-state index is 12.4. The Balaban J connectivity index is 2.20. The van der Waals surface area contributed by atoms with E-state index >= 15 is 0 Å². The Bertz CT molecular complexity index is 632. The third kappa shape index (κ3) is 3.22. The highest BCUT2D eigenvalue weighted by Crippen LogP contribution is 2.29. The lowest BCUT2D eigenvalue weighted by molar-refractivity contribution is -0.137. The van der Waals surface area contributed by atoms with Crippen molar-refractivity contribution in [2.24, 2.45) is 0 Å². The summed E-state index contributed by atoms with van der Waals surface area (Å²) in [5, 5.41) is 8.86. The van der Waals surface area contributed by atoms with Gasteiger partial charge >= 0.3 is 12.1 Å². The van der Waals surface area contributed by atoms with Crippen LogP contribution in [0.2, 0.25) is 0 Å². The van der Waals surface area contributed by atoms with Crippen LogP contribution in [0, 0.1) is 0 Å². The Morgan fingerprint density at radius 2 is 1.85 bits per heavy atom. The number of hydrogen-bond donors (Lipinski definition) is 1. The molecule has 0 atom stereocenters. The van der Waals surface area contributed by atoms with Crippen molar-refractivity contribution < 1.29 is 23.1 Å². The third-order valence-corrected chi connectivity index (χ3v) is 3.41. The van der Waals surface area contributed by atoms with Crippen LogP contribution in [-0.4, -0.2) is 15.6 Å². The topological polar surface area (TPSA) is 42.2 Å². The van der Waals surface area contributed by atoms with E-state index in [2.05, 4.69) is 15.9 Å². The summed E-state index contributed by atoms with van der Waals surface area (Å²) < 4.78 is 39.4. The minimum atomic E-state index is -4.36. The minimum Gasteiger partial charge on any atom is -0.478 e. The van der Waals surface area contributed by atoms with Gasteiger partial charge in [0.25, 0.3) is 0 Å². The van der Waals surface area contributed by atoms with Crippen LogP contribution in [0.4, 0.5) is 13.2 Å². The number of benzene rings is 1. The Labute approximate surface area is 120 Å². The van der Waals surface area contributed by atoms with Gasteiger partial charge in [0, 0.05) is 12.7 Å². The van der Waals surface area contributed by atoms with Gasteiger partial charge in [0.15, 0.2) is 0 Å². The number of nitrogens with zero attached hydrogens (tertiary/aromatic N) is 1. The van der Waals surface area contributed by atoms with E-state index in [4.69, 9.17) is 5.11 Å². The molecule has 1 N–H and O–H groups in total. The molecule has 1 aromatic heterocycles. The Morgan fingerprint density at radius 1 is 1.25 bits per heavy atom. The lowest BCUT2D eigenvalue weighted by Crippen LogP contribution is -2.05. The molecule has 2 aromatic rings. The van der Waals surface area contributed by atoms with Gasteiger partial charge in [0.2, 0.25) is 0 Å². The second-order valence-corrected chi connectivity index (χ2v) is 4.99. The van der Waals surface area contributed by atoms with Crippen LogP contribution in [-0.2, 0) is 12.7 Å². The van der Waals surface area contributed by atoms with Gasteiger partial charge < -0.3 is 9.67 Å². The van der Waals surface area contributed by atoms with E-state index in [1.165, 1.54) is 24.4 Å². The summed E-state index contributed by atoms with van der Waals surface area (Å²) in [6, 6.07) is 6.19. The molecule has 106 valence electrons. The van der Waals surface area contributed by atoms with Crippen molar-refractivity contribution in [3.63, 3.8) is 0 Å². The first-order valence-corrected chi connectivity index (χ1v) is 6.32. The number of aromatic nitrogens is 1. The molecular weight excluding hydrogens is 339 g/mol. The van der Waals surface area contributed by atoms with E-state index in [9.17, 15) is 18.0 Å². The van der Waals surface area contributed by atoms with Crippen molar-refractivity contribution in [1.29, 1.82) is 0 Å². The smallest absolute Gasteiger partial charge is 0.416 e. The van der Waals surface area contributed by atoms with Crippen LogP contribution < -0.4 is 0 Å². The highest BCUT2D eigenvalue weighted by molar-refractivity contribution is 9.10. The largest absolute Gasteiger partial charge is 0.478 e. The van der Waals surface area contributed by atoms with Gasteiger partial charge in [-0.15, -0.1) is 0 Å². The van der Waals surface area contributed by atoms with E-state index < -0.39 is 17.7 Å².